The molecular formula is C13H10BrCl2NO. The molecule has 0 aromatic heterocycles. The normalized spacial score (nSPS) is 10.4. The number of nitrogens with two attached hydrogens (primary N) is 1. The number of hydrogen-bond donors (Lipinski definition) is 1. The Morgan fingerprint density at radius 2 is 1.67 bits per heavy atom. The number of halogens is 3. The largest absolute Gasteiger partial charge is 0.488 e. The molecule has 18 heavy (non-hydrogen) atoms. The maximum atomic E-state index is 6.07. The molecule has 2 aromatic carbocycles. The highest BCUT2D eigenvalue weighted by Gasteiger charge is 2.08. The summed E-state index contributed by atoms with van der Waals surface area (Å²) in [6.45, 7) is 0.292. The van der Waals surface area contributed by atoms with Crippen LogP contribution in [-0.2, 0) is 6.61 Å². The molecule has 5 heteroatoms. The van der Waals surface area contributed by atoms with Crippen LogP contribution in [0.2, 0.25) is 10.0 Å². The van der Waals surface area contributed by atoms with Crippen LogP contribution in [0.5, 0.6) is 5.75 Å². The van der Waals surface area contributed by atoms with Crippen molar-refractivity contribution in [3.63, 3.8) is 0 Å². The molecule has 0 bridgehead atoms. The molecule has 0 saturated heterocycles. The first-order chi connectivity index (χ1) is 8.59. The summed E-state index contributed by atoms with van der Waals surface area (Å²) >= 11 is 15.5. The topological polar surface area (TPSA) is 35.2 Å². The molecule has 2 N–H and O–H groups in total. The molecule has 0 radical (unpaired) electrons. The SMILES string of the molecule is Nc1cccc(OCc2c(Cl)cccc2Cl)c1Br. The van der Waals surface area contributed by atoms with Crippen molar-refractivity contribution in [1.82, 2.24) is 0 Å². The summed E-state index contributed by atoms with van der Waals surface area (Å²) in [5, 5.41) is 1.17. The second-order valence-electron chi connectivity index (χ2n) is 3.65. The van der Waals surface area contributed by atoms with Crippen molar-refractivity contribution in [3.8, 4) is 5.75 Å². The smallest absolute Gasteiger partial charge is 0.136 e. The van der Waals surface area contributed by atoms with E-state index in [1.807, 2.05) is 12.1 Å². The van der Waals surface area contributed by atoms with Crippen LogP contribution < -0.4 is 10.5 Å². The minimum atomic E-state index is 0.292. The summed E-state index contributed by atoms with van der Waals surface area (Å²) in [7, 11) is 0. The minimum absolute atomic E-state index is 0.292. The molecular weight excluding hydrogens is 337 g/mol. The monoisotopic (exact) mass is 345 g/mol. The molecule has 2 nitrogen and oxygen atoms in total. The molecule has 0 aliphatic heterocycles. The number of hydrogen-bond acceptors (Lipinski definition) is 2. The average Bonchev–Trinajstić information content (AvgIpc) is 2.33. The Balaban J connectivity index is 2.19. The lowest BCUT2D eigenvalue weighted by atomic mass is 10.2. The predicted molar refractivity (Wildman–Crippen MR) is 79.3 cm³/mol. The van der Waals surface area contributed by atoms with Crippen molar-refractivity contribution in [3.05, 3.63) is 56.5 Å². The van der Waals surface area contributed by atoms with E-state index in [1.165, 1.54) is 0 Å². The second kappa shape index (κ2) is 5.83. The van der Waals surface area contributed by atoms with Crippen molar-refractivity contribution in [2.75, 3.05) is 5.73 Å². The van der Waals surface area contributed by atoms with Crippen LogP contribution >= 0.6 is 39.1 Å². The zero-order valence-corrected chi connectivity index (χ0v) is 12.4. The van der Waals surface area contributed by atoms with E-state index >= 15 is 0 Å². The zero-order valence-electron chi connectivity index (χ0n) is 9.29. The van der Waals surface area contributed by atoms with E-state index in [-0.39, 0.29) is 0 Å². The van der Waals surface area contributed by atoms with Gasteiger partial charge in [-0.1, -0.05) is 35.3 Å². The fourth-order valence-electron chi connectivity index (χ4n) is 1.46. The third-order valence-corrected chi connectivity index (χ3v) is 3.98. The fraction of sp³-hybridized carbons (Fsp3) is 0.0769. The Hall–Kier alpha value is -0.900. The van der Waals surface area contributed by atoms with Crippen LogP contribution in [0.25, 0.3) is 0 Å². The Morgan fingerprint density at radius 1 is 1.06 bits per heavy atom. The molecule has 0 heterocycles. The standard InChI is InChI=1S/C13H10BrCl2NO/c14-13-11(17)5-2-6-12(13)18-7-8-9(15)3-1-4-10(8)16/h1-6H,7,17H2. The summed E-state index contributed by atoms with van der Waals surface area (Å²) in [4.78, 5) is 0. The van der Waals surface area contributed by atoms with E-state index in [9.17, 15) is 0 Å². The quantitative estimate of drug-likeness (QED) is 0.801. The third kappa shape index (κ3) is 2.91. The number of nitrogen functional groups attached to an aromatic ring is 1. The van der Waals surface area contributed by atoms with Crippen molar-refractivity contribution >= 4 is 44.8 Å². The Morgan fingerprint density at radius 3 is 2.33 bits per heavy atom. The Labute approximate surface area is 124 Å². The summed E-state index contributed by atoms with van der Waals surface area (Å²) in [5.41, 5.74) is 7.15. The van der Waals surface area contributed by atoms with Crippen LogP contribution in [0.1, 0.15) is 5.56 Å². The third-order valence-electron chi connectivity index (χ3n) is 2.43. The van der Waals surface area contributed by atoms with Crippen molar-refractivity contribution in [2.45, 2.75) is 6.61 Å². The van der Waals surface area contributed by atoms with Crippen molar-refractivity contribution in [2.24, 2.45) is 0 Å². The molecule has 0 fully saturated rings. The molecule has 2 aromatic rings. The van der Waals surface area contributed by atoms with Gasteiger partial charge in [-0.2, -0.15) is 0 Å². The van der Waals surface area contributed by atoms with Gasteiger partial charge >= 0.3 is 0 Å². The summed E-state index contributed by atoms with van der Waals surface area (Å²) < 4.78 is 6.40. The van der Waals surface area contributed by atoms with Gasteiger partial charge in [0.25, 0.3) is 0 Å². The first-order valence-corrected chi connectivity index (χ1v) is 6.74. The number of rotatable bonds is 3. The van der Waals surface area contributed by atoms with Crippen molar-refractivity contribution in [1.29, 1.82) is 0 Å². The van der Waals surface area contributed by atoms with Gasteiger partial charge in [0, 0.05) is 21.3 Å². The van der Waals surface area contributed by atoms with Gasteiger partial charge < -0.3 is 10.5 Å². The molecule has 0 saturated carbocycles. The molecule has 2 rings (SSSR count). The Kier molecular flexibility index (Phi) is 4.38. The predicted octanol–water partition coefficient (Wildman–Crippen LogP) is 4.92. The highest BCUT2D eigenvalue weighted by molar-refractivity contribution is 9.10. The molecule has 0 aliphatic rings. The van der Waals surface area contributed by atoms with Gasteiger partial charge in [-0.25, -0.2) is 0 Å². The van der Waals surface area contributed by atoms with E-state index in [4.69, 9.17) is 33.7 Å². The molecule has 0 amide bonds. The highest BCUT2D eigenvalue weighted by Crippen LogP contribution is 2.32. The second-order valence-corrected chi connectivity index (χ2v) is 5.26. The number of ether oxygens (including phenoxy) is 1. The zero-order chi connectivity index (χ0) is 13.1. The summed E-state index contributed by atoms with van der Waals surface area (Å²) in [6, 6.07) is 10.8. The molecule has 0 unspecified atom stereocenters. The first kappa shape index (κ1) is 13.5. The van der Waals surface area contributed by atoms with Gasteiger partial charge in [-0.05, 0) is 40.2 Å². The van der Waals surface area contributed by atoms with E-state index in [2.05, 4.69) is 15.9 Å². The van der Waals surface area contributed by atoms with Crippen LogP contribution in [0.4, 0.5) is 5.69 Å². The fourth-order valence-corrected chi connectivity index (χ4v) is 2.34. The van der Waals surface area contributed by atoms with Gasteiger partial charge in [0.2, 0.25) is 0 Å². The van der Waals surface area contributed by atoms with E-state index < -0.39 is 0 Å². The maximum absolute atomic E-state index is 6.07. The first-order valence-electron chi connectivity index (χ1n) is 5.19. The Bertz CT molecular complexity index is 555. The van der Waals surface area contributed by atoms with Gasteiger partial charge in [-0.3, -0.25) is 0 Å². The number of anilines is 1. The van der Waals surface area contributed by atoms with Gasteiger partial charge in [0.1, 0.15) is 12.4 Å². The summed E-state index contributed by atoms with van der Waals surface area (Å²) in [5.74, 6) is 0.658. The summed E-state index contributed by atoms with van der Waals surface area (Å²) in [6.07, 6.45) is 0. The lowest BCUT2D eigenvalue weighted by Crippen LogP contribution is -1.99. The van der Waals surface area contributed by atoms with Crippen LogP contribution in [-0.4, -0.2) is 0 Å². The van der Waals surface area contributed by atoms with E-state index in [0.29, 0.717) is 28.1 Å². The molecule has 0 aliphatic carbocycles. The molecule has 0 atom stereocenters. The van der Waals surface area contributed by atoms with E-state index in [1.54, 1.807) is 24.3 Å². The minimum Gasteiger partial charge on any atom is -0.488 e. The van der Waals surface area contributed by atoms with Gasteiger partial charge in [-0.15, -0.1) is 0 Å². The van der Waals surface area contributed by atoms with Crippen molar-refractivity contribution < 1.29 is 4.74 Å². The van der Waals surface area contributed by atoms with Crippen LogP contribution in [0, 0.1) is 0 Å². The van der Waals surface area contributed by atoms with Crippen LogP contribution in [0.3, 0.4) is 0 Å². The van der Waals surface area contributed by atoms with Crippen LogP contribution in [0.15, 0.2) is 40.9 Å². The molecule has 0 spiro atoms. The highest BCUT2D eigenvalue weighted by atomic mass is 79.9. The average molecular weight is 347 g/mol. The lowest BCUT2D eigenvalue weighted by molar-refractivity contribution is 0.304. The van der Waals surface area contributed by atoms with Gasteiger partial charge in [0.15, 0.2) is 0 Å². The van der Waals surface area contributed by atoms with E-state index in [0.717, 1.165) is 10.0 Å². The number of benzene rings is 2. The maximum Gasteiger partial charge on any atom is 0.136 e. The van der Waals surface area contributed by atoms with Gasteiger partial charge in [0.05, 0.1) is 4.47 Å². The lowest BCUT2D eigenvalue weighted by Gasteiger charge is -2.11. The molecule has 94 valence electrons.